The van der Waals surface area contributed by atoms with E-state index in [2.05, 4.69) is 195 Å². The average Bonchev–Trinajstić information content (AvgIpc) is 3.67. The lowest BCUT2D eigenvalue weighted by Crippen LogP contribution is -2.00. The quantitative estimate of drug-likeness (QED) is 0.158. The van der Waals surface area contributed by atoms with Crippen molar-refractivity contribution >= 4 is 97.2 Å². The molecule has 2 heterocycles. The molecule has 2 heteroatoms. The first-order chi connectivity index (χ1) is 27.5. The molecule has 0 aliphatic heterocycles. The zero-order valence-electron chi connectivity index (χ0n) is 31.9. The summed E-state index contributed by atoms with van der Waals surface area (Å²) in [6, 6.07) is 58.6. The Kier molecular flexibility index (Phi) is 6.36. The third-order valence-corrected chi connectivity index (χ3v) is 13.1. The van der Waals surface area contributed by atoms with Gasteiger partial charge in [0.2, 0.25) is 0 Å². The van der Waals surface area contributed by atoms with Crippen LogP contribution in [0.25, 0.3) is 109 Å². The van der Waals surface area contributed by atoms with Crippen molar-refractivity contribution in [2.75, 3.05) is 0 Å². The van der Waals surface area contributed by atoms with E-state index >= 15 is 0 Å². The largest absolute Gasteiger partial charge is 0.312 e. The summed E-state index contributed by atoms with van der Waals surface area (Å²) in [4.78, 5) is 0. The second-order valence-corrected chi connectivity index (χ2v) is 15.7. The van der Waals surface area contributed by atoms with Crippen molar-refractivity contribution in [3.63, 3.8) is 0 Å². The van der Waals surface area contributed by atoms with Gasteiger partial charge in [-0.25, -0.2) is 0 Å². The van der Waals surface area contributed by atoms with E-state index < -0.39 is 0 Å². The van der Waals surface area contributed by atoms with E-state index in [0.717, 1.165) is 0 Å². The van der Waals surface area contributed by atoms with Crippen LogP contribution >= 0.6 is 0 Å². The van der Waals surface area contributed by atoms with Crippen LogP contribution in [0.5, 0.6) is 0 Å². The van der Waals surface area contributed by atoms with Gasteiger partial charge in [-0.3, -0.25) is 0 Å². The Morgan fingerprint density at radius 1 is 0.286 bits per heavy atom. The molecule has 0 saturated carbocycles. The van der Waals surface area contributed by atoms with Crippen LogP contribution in [-0.4, -0.2) is 9.13 Å². The Labute approximate surface area is 324 Å². The second-order valence-electron chi connectivity index (χ2n) is 15.7. The van der Waals surface area contributed by atoms with Gasteiger partial charge in [0, 0.05) is 54.5 Å². The minimum atomic E-state index is 1.23. The van der Waals surface area contributed by atoms with E-state index in [1.165, 1.54) is 131 Å². The maximum atomic E-state index is 2.57. The molecule has 12 rings (SSSR count). The molecule has 0 N–H and O–H groups in total. The summed E-state index contributed by atoms with van der Waals surface area (Å²) < 4.78 is 5.15. The Morgan fingerprint density at radius 3 is 0.982 bits per heavy atom. The molecule has 2 nitrogen and oxygen atoms in total. The van der Waals surface area contributed by atoms with E-state index in [1.54, 1.807) is 0 Å². The number of hydrogen-bond acceptors (Lipinski definition) is 0. The van der Waals surface area contributed by atoms with Crippen LogP contribution in [0.2, 0.25) is 0 Å². The van der Waals surface area contributed by atoms with Crippen molar-refractivity contribution in [1.82, 2.24) is 9.13 Å². The first kappa shape index (κ1) is 31.5. The van der Waals surface area contributed by atoms with Crippen molar-refractivity contribution in [3.8, 4) is 11.4 Å². The van der Waals surface area contributed by atoms with Crippen molar-refractivity contribution < 1.29 is 0 Å². The Bertz CT molecular complexity index is 3440. The van der Waals surface area contributed by atoms with Crippen molar-refractivity contribution in [2.24, 2.45) is 0 Å². The fourth-order valence-electron chi connectivity index (χ4n) is 10.4. The summed E-state index contributed by atoms with van der Waals surface area (Å²) in [5.74, 6) is 0. The molecule has 12 aromatic rings. The predicted molar refractivity (Wildman–Crippen MR) is 242 cm³/mol. The van der Waals surface area contributed by atoms with Gasteiger partial charge in [0.25, 0.3) is 0 Å². The molecule has 0 aliphatic carbocycles. The topological polar surface area (TPSA) is 9.86 Å². The number of aromatic nitrogens is 2. The smallest absolute Gasteiger partial charge is 0.0619 e. The van der Waals surface area contributed by atoms with Gasteiger partial charge in [-0.2, -0.15) is 0 Å². The fraction of sp³-hybridized carbons (Fsp3) is 0.0741. The van der Waals surface area contributed by atoms with E-state index in [4.69, 9.17) is 0 Å². The van der Waals surface area contributed by atoms with E-state index in [9.17, 15) is 0 Å². The third-order valence-electron chi connectivity index (χ3n) is 13.1. The first-order valence-corrected chi connectivity index (χ1v) is 19.7. The highest BCUT2D eigenvalue weighted by Gasteiger charge is 2.27. The maximum absolute atomic E-state index is 2.57. The Hall–Kier alpha value is -6.90. The molecule has 0 unspecified atom stereocenters. The van der Waals surface area contributed by atoms with Gasteiger partial charge in [0.15, 0.2) is 0 Å². The van der Waals surface area contributed by atoms with Gasteiger partial charge in [-0.1, -0.05) is 146 Å². The number of aryl methyl sites for hydroxylation is 2. The van der Waals surface area contributed by atoms with Crippen LogP contribution in [0.1, 0.15) is 22.5 Å². The summed E-state index contributed by atoms with van der Waals surface area (Å²) in [5.41, 5.74) is 10.2. The zero-order chi connectivity index (χ0) is 37.4. The van der Waals surface area contributed by atoms with Crippen LogP contribution in [0, 0.1) is 27.7 Å². The van der Waals surface area contributed by atoms with Gasteiger partial charge in [-0.05, 0) is 94.0 Å². The third kappa shape index (κ3) is 3.95. The molecule has 0 fully saturated rings. The monoisotopic (exact) mass is 714 g/mol. The van der Waals surface area contributed by atoms with E-state index in [-0.39, 0.29) is 0 Å². The average molecular weight is 715 g/mol. The Morgan fingerprint density at radius 2 is 0.589 bits per heavy atom. The molecule has 0 bridgehead atoms. The minimum Gasteiger partial charge on any atom is -0.312 e. The second kappa shape index (κ2) is 11.3. The fourth-order valence-corrected chi connectivity index (χ4v) is 10.4. The lowest BCUT2D eigenvalue weighted by molar-refractivity contribution is 1.05. The molecule has 0 aliphatic rings. The molecule has 10 aromatic carbocycles. The van der Waals surface area contributed by atoms with Crippen molar-refractivity contribution in [3.05, 3.63) is 180 Å². The molecule has 0 atom stereocenters. The van der Waals surface area contributed by atoms with Crippen LogP contribution in [0.4, 0.5) is 0 Å². The number of nitrogens with zero attached hydrogens (tertiary/aromatic N) is 2. The lowest BCUT2D eigenvalue weighted by atomic mass is 9.89. The molecule has 56 heavy (non-hydrogen) atoms. The molecule has 0 saturated heterocycles. The summed E-state index contributed by atoms with van der Waals surface area (Å²) >= 11 is 0. The van der Waals surface area contributed by atoms with Gasteiger partial charge >= 0.3 is 0 Å². The van der Waals surface area contributed by atoms with Crippen molar-refractivity contribution in [1.29, 1.82) is 0 Å². The molecular formula is C54H38N2. The maximum Gasteiger partial charge on any atom is 0.0619 e. The number of benzene rings is 10. The molecule has 0 amide bonds. The number of fused-ring (bicyclic) bond motifs is 17. The van der Waals surface area contributed by atoms with E-state index in [0.29, 0.717) is 0 Å². The van der Waals surface area contributed by atoms with E-state index in [1.807, 2.05) is 0 Å². The lowest BCUT2D eigenvalue weighted by Gasteiger charge is -2.19. The highest BCUT2D eigenvalue weighted by Crippen LogP contribution is 2.50. The van der Waals surface area contributed by atoms with Crippen LogP contribution in [0.3, 0.4) is 0 Å². The number of hydrogen-bond donors (Lipinski definition) is 0. The van der Waals surface area contributed by atoms with Gasteiger partial charge < -0.3 is 9.13 Å². The highest BCUT2D eigenvalue weighted by atomic mass is 15.0. The van der Waals surface area contributed by atoms with Crippen molar-refractivity contribution in [2.45, 2.75) is 27.7 Å². The Balaban J connectivity index is 1.32. The summed E-state index contributed by atoms with van der Waals surface area (Å²) in [6.07, 6.45) is 0. The molecule has 0 radical (unpaired) electrons. The van der Waals surface area contributed by atoms with Gasteiger partial charge in [-0.15, -0.1) is 0 Å². The summed E-state index contributed by atoms with van der Waals surface area (Å²) in [7, 11) is 0. The SMILES string of the molecule is Cc1c(C)n(-c2cc3ccccc3c3ccccc23)c2c3ccccc3c3c4c(C)c(C)n(-c5cc6ccccc6c6ccccc56)c4c4ccccc4c3c12. The molecule has 264 valence electrons. The van der Waals surface area contributed by atoms with Crippen LogP contribution in [0.15, 0.2) is 158 Å². The zero-order valence-corrected chi connectivity index (χ0v) is 31.9. The highest BCUT2D eigenvalue weighted by molar-refractivity contribution is 6.40. The minimum absolute atomic E-state index is 1.23. The van der Waals surface area contributed by atoms with Crippen LogP contribution < -0.4 is 0 Å². The van der Waals surface area contributed by atoms with Gasteiger partial charge in [0.1, 0.15) is 0 Å². The van der Waals surface area contributed by atoms with Crippen LogP contribution in [-0.2, 0) is 0 Å². The first-order valence-electron chi connectivity index (χ1n) is 19.7. The molecule has 0 spiro atoms. The standard InChI is InChI=1S/C54H38N2/c1-31-33(3)55(47-29-35-17-5-7-19-37(35)39-21-9-11-23-41(39)47)53-45-27-15-14-26-44(45)52-50-32(2)34(4)56(54(50)46-28-16-13-25-43(46)51(52)49(31)53)48-30-36-18-6-8-20-38(36)40-22-10-12-24-42(40)48/h5-30H,1-4H3. The normalized spacial score (nSPS) is 12.3. The summed E-state index contributed by atoms with van der Waals surface area (Å²) in [5, 5.41) is 20.7. The number of rotatable bonds is 2. The predicted octanol–water partition coefficient (Wildman–Crippen LogP) is 14.9. The molecule has 2 aromatic heterocycles. The molecular weight excluding hydrogens is 677 g/mol. The summed E-state index contributed by atoms with van der Waals surface area (Å²) in [6.45, 7) is 9.32. The van der Waals surface area contributed by atoms with Gasteiger partial charge in [0.05, 0.1) is 22.4 Å².